The molecule has 1 unspecified atom stereocenters. The Balaban J connectivity index is 1.58. The number of amides is 2. The van der Waals surface area contributed by atoms with Crippen molar-refractivity contribution in [2.45, 2.75) is 18.9 Å². The predicted octanol–water partition coefficient (Wildman–Crippen LogP) is 2.45. The number of aliphatic imine (C=N–C) groups is 1. The molecule has 0 spiro atoms. The number of halogens is 1. The van der Waals surface area contributed by atoms with Crippen molar-refractivity contribution in [1.29, 1.82) is 0 Å². The molecule has 3 aliphatic rings. The van der Waals surface area contributed by atoms with Crippen LogP contribution in [0.25, 0.3) is 6.08 Å². The molecule has 0 saturated carbocycles. The first-order chi connectivity index (χ1) is 14.0. The van der Waals surface area contributed by atoms with E-state index < -0.39 is 18.0 Å². The zero-order valence-electron chi connectivity index (χ0n) is 15.6. The summed E-state index contributed by atoms with van der Waals surface area (Å²) in [6.07, 6.45) is 2.15. The Morgan fingerprint density at radius 3 is 3.00 bits per heavy atom. The number of hydrazine groups is 1. The standard InChI is InChI=1S/C19H21FN4O4S/c20-13-3-4-14(15-11-23(19(26)27)7-8-28-15)12(9-13)10-16-17(25)22-18(29-16)24-6-2-1-5-21-24/h3-4,9-10,15,21H,1-2,5-8,11H2,(H,26,27). The fraction of sp³-hybridized carbons (Fsp3) is 0.421. The van der Waals surface area contributed by atoms with Crippen molar-refractivity contribution in [3.8, 4) is 0 Å². The number of carboxylic acid groups (broad SMARTS) is 1. The molecule has 29 heavy (non-hydrogen) atoms. The monoisotopic (exact) mass is 420 g/mol. The molecule has 1 atom stereocenters. The molecule has 8 nitrogen and oxygen atoms in total. The van der Waals surface area contributed by atoms with Gasteiger partial charge in [-0.15, -0.1) is 0 Å². The van der Waals surface area contributed by atoms with E-state index in [1.807, 2.05) is 5.01 Å². The van der Waals surface area contributed by atoms with Crippen LogP contribution in [0.2, 0.25) is 0 Å². The molecule has 3 heterocycles. The highest BCUT2D eigenvalue weighted by atomic mass is 32.2. The number of hydrogen-bond donors (Lipinski definition) is 2. The number of ether oxygens (including phenoxy) is 1. The number of benzene rings is 1. The van der Waals surface area contributed by atoms with E-state index >= 15 is 0 Å². The van der Waals surface area contributed by atoms with Crippen molar-refractivity contribution in [2.75, 3.05) is 32.8 Å². The number of rotatable bonds is 2. The lowest BCUT2D eigenvalue weighted by Crippen LogP contribution is -2.45. The number of carbonyl (C=O) groups is 2. The number of thioether (sulfide) groups is 1. The van der Waals surface area contributed by atoms with Crippen LogP contribution in [0.3, 0.4) is 0 Å². The van der Waals surface area contributed by atoms with Gasteiger partial charge < -0.3 is 14.7 Å². The van der Waals surface area contributed by atoms with Gasteiger partial charge in [-0.2, -0.15) is 4.99 Å². The molecule has 2 amide bonds. The van der Waals surface area contributed by atoms with Gasteiger partial charge in [0.25, 0.3) is 5.91 Å². The summed E-state index contributed by atoms with van der Waals surface area (Å²) in [5.74, 6) is -0.815. The second-order valence-electron chi connectivity index (χ2n) is 6.94. The van der Waals surface area contributed by atoms with Crippen LogP contribution in [0, 0.1) is 5.82 Å². The van der Waals surface area contributed by atoms with Gasteiger partial charge in [-0.3, -0.25) is 9.80 Å². The van der Waals surface area contributed by atoms with Crippen molar-refractivity contribution in [2.24, 2.45) is 4.99 Å². The van der Waals surface area contributed by atoms with Gasteiger partial charge >= 0.3 is 6.09 Å². The van der Waals surface area contributed by atoms with E-state index in [1.165, 1.54) is 28.8 Å². The molecular formula is C19H21FN4O4S. The lowest BCUT2D eigenvalue weighted by molar-refractivity contribution is -0.113. The molecule has 0 aliphatic carbocycles. The molecule has 0 radical (unpaired) electrons. The van der Waals surface area contributed by atoms with Gasteiger partial charge in [0.2, 0.25) is 0 Å². The van der Waals surface area contributed by atoms with E-state index in [2.05, 4.69) is 10.4 Å². The number of amidine groups is 1. The Hall–Kier alpha value is -2.43. The maximum atomic E-state index is 13.9. The lowest BCUT2D eigenvalue weighted by atomic mass is 10.00. The fourth-order valence-corrected chi connectivity index (χ4v) is 4.39. The lowest BCUT2D eigenvalue weighted by Gasteiger charge is -2.32. The van der Waals surface area contributed by atoms with E-state index in [0.717, 1.165) is 25.9 Å². The van der Waals surface area contributed by atoms with Crippen molar-refractivity contribution >= 4 is 35.0 Å². The van der Waals surface area contributed by atoms with Gasteiger partial charge in [0.1, 0.15) is 11.9 Å². The summed E-state index contributed by atoms with van der Waals surface area (Å²) in [5, 5.41) is 11.7. The Bertz CT molecular complexity index is 885. The fourth-order valence-electron chi connectivity index (χ4n) is 3.48. The van der Waals surface area contributed by atoms with Gasteiger partial charge in [0.05, 0.1) is 18.1 Å². The Kier molecular flexibility index (Phi) is 5.84. The first kappa shape index (κ1) is 19.9. The van der Waals surface area contributed by atoms with Crippen LogP contribution < -0.4 is 5.43 Å². The first-order valence-electron chi connectivity index (χ1n) is 9.44. The maximum Gasteiger partial charge on any atom is 0.407 e. The van der Waals surface area contributed by atoms with Crippen LogP contribution >= 0.6 is 11.8 Å². The minimum atomic E-state index is -1.02. The Morgan fingerprint density at radius 2 is 2.24 bits per heavy atom. The average Bonchev–Trinajstić information content (AvgIpc) is 3.09. The second kappa shape index (κ2) is 8.52. The van der Waals surface area contributed by atoms with Gasteiger partial charge in [0.15, 0.2) is 5.17 Å². The van der Waals surface area contributed by atoms with Crippen LogP contribution in [0.15, 0.2) is 28.1 Å². The minimum Gasteiger partial charge on any atom is -0.465 e. The van der Waals surface area contributed by atoms with Crippen LogP contribution in [-0.4, -0.2) is 65.0 Å². The van der Waals surface area contributed by atoms with E-state index in [-0.39, 0.29) is 25.6 Å². The summed E-state index contributed by atoms with van der Waals surface area (Å²) in [6.45, 7) is 2.31. The first-order valence-corrected chi connectivity index (χ1v) is 10.3. The number of nitrogens with zero attached hydrogens (tertiary/aromatic N) is 3. The molecule has 2 N–H and O–H groups in total. The molecule has 1 aromatic carbocycles. The highest BCUT2D eigenvalue weighted by Crippen LogP contribution is 2.33. The summed E-state index contributed by atoms with van der Waals surface area (Å²) in [6, 6.07) is 4.22. The van der Waals surface area contributed by atoms with Crippen LogP contribution in [0.5, 0.6) is 0 Å². The second-order valence-corrected chi connectivity index (χ2v) is 7.95. The van der Waals surface area contributed by atoms with E-state index in [9.17, 15) is 19.1 Å². The summed E-state index contributed by atoms with van der Waals surface area (Å²) >= 11 is 1.24. The Labute approximate surface area is 171 Å². The average molecular weight is 420 g/mol. The van der Waals surface area contributed by atoms with Gasteiger partial charge in [-0.25, -0.2) is 14.6 Å². The summed E-state index contributed by atoms with van der Waals surface area (Å²) in [5.41, 5.74) is 4.34. The molecule has 2 saturated heterocycles. The molecule has 2 fully saturated rings. The zero-order chi connectivity index (χ0) is 20.4. The zero-order valence-corrected chi connectivity index (χ0v) is 16.5. The molecule has 4 rings (SSSR count). The Morgan fingerprint density at radius 1 is 1.38 bits per heavy atom. The van der Waals surface area contributed by atoms with E-state index in [4.69, 9.17) is 4.74 Å². The predicted molar refractivity (Wildman–Crippen MR) is 107 cm³/mol. The minimum absolute atomic E-state index is 0.150. The largest absolute Gasteiger partial charge is 0.465 e. The normalized spacial score (nSPS) is 24.2. The van der Waals surface area contributed by atoms with Crippen molar-refractivity contribution < 1.29 is 23.8 Å². The van der Waals surface area contributed by atoms with Crippen LogP contribution in [0.4, 0.5) is 9.18 Å². The highest BCUT2D eigenvalue weighted by molar-refractivity contribution is 8.18. The summed E-state index contributed by atoms with van der Waals surface area (Å²) < 4.78 is 19.7. The van der Waals surface area contributed by atoms with Crippen molar-refractivity contribution in [1.82, 2.24) is 15.3 Å². The van der Waals surface area contributed by atoms with Crippen LogP contribution in [0.1, 0.15) is 30.1 Å². The van der Waals surface area contributed by atoms with E-state index in [0.29, 0.717) is 21.2 Å². The van der Waals surface area contributed by atoms with Gasteiger partial charge in [0, 0.05) is 19.6 Å². The van der Waals surface area contributed by atoms with Crippen molar-refractivity contribution in [3.63, 3.8) is 0 Å². The summed E-state index contributed by atoms with van der Waals surface area (Å²) in [4.78, 5) is 29.5. The molecular weight excluding hydrogens is 399 g/mol. The van der Waals surface area contributed by atoms with Crippen molar-refractivity contribution in [3.05, 3.63) is 40.0 Å². The quantitative estimate of drug-likeness (QED) is 0.710. The molecule has 0 bridgehead atoms. The molecule has 0 aromatic heterocycles. The third-order valence-electron chi connectivity index (χ3n) is 4.97. The molecule has 10 heteroatoms. The smallest absolute Gasteiger partial charge is 0.407 e. The molecule has 154 valence electrons. The van der Waals surface area contributed by atoms with Gasteiger partial charge in [-0.1, -0.05) is 6.07 Å². The third-order valence-corrected chi connectivity index (χ3v) is 5.98. The van der Waals surface area contributed by atoms with E-state index in [1.54, 1.807) is 12.1 Å². The number of morpholine rings is 1. The van der Waals surface area contributed by atoms with Gasteiger partial charge in [-0.05, 0) is 53.9 Å². The number of nitrogens with one attached hydrogen (secondary N) is 1. The maximum absolute atomic E-state index is 13.9. The number of carbonyl (C=O) groups excluding carboxylic acids is 1. The third kappa shape index (κ3) is 4.44. The topological polar surface area (TPSA) is 94.5 Å². The molecule has 1 aromatic rings. The molecule has 3 aliphatic heterocycles. The number of hydrogen-bond acceptors (Lipinski definition) is 6. The summed E-state index contributed by atoms with van der Waals surface area (Å²) in [7, 11) is 0. The SMILES string of the molecule is O=C1N=C(N2CCCCN2)SC1=Cc1cc(F)ccc1C1CN(C(=O)O)CCO1. The highest BCUT2D eigenvalue weighted by Gasteiger charge is 2.29. The van der Waals surface area contributed by atoms with Crippen LogP contribution in [-0.2, 0) is 9.53 Å².